The van der Waals surface area contributed by atoms with E-state index in [1.54, 1.807) is 19.2 Å². The van der Waals surface area contributed by atoms with Crippen molar-refractivity contribution < 1.29 is 13.2 Å². The number of rotatable bonds is 6. The van der Waals surface area contributed by atoms with Crippen molar-refractivity contribution in [2.75, 3.05) is 19.4 Å². The first-order valence-corrected chi connectivity index (χ1v) is 11.3. The molecule has 0 spiro atoms. The summed E-state index contributed by atoms with van der Waals surface area (Å²) in [6, 6.07) is 12.8. The molecule has 1 aromatic heterocycles. The Morgan fingerprint density at radius 2 is 1.79 bits per heavy atom. The lowest BCUT2D eigenvalue weighted by atomic mass is 10.1. The van der Waals surface area contributed by atoms with Crippen LogP contribution in [0.2, 0.25) is 0 Å². The molecule has 152 valence electrons. The van der Waals surface area contributed by atoms with Gasteiger partial charge in [0.15, 0.2) is 5.13 Å². The molecule has 1 amide bonds. The quantitative estimate of drug-likeness (QED) is 0.645. The van der Waals surface area contributed by atoms with Crippen LogP contribution in [-0.4, -0.2) is 37.7 Å². The molecular weight excluding hydrogens is 406 g/mol. The van der Waals surface area contributed by atoms with Crippen LogP contribution in [-0.2, 0) is 16.4 Å². The van der Waals surface area contributed by atoms with Gasteiger partial charge in [-0.1, -0.05) is 35.9 Å². The fourth-order valence-corrected chi connectivity index (χ4v) is 4.51. The number of carbonyl (C=O) groups excluding carboxylic acids is 1. The number of hydrogen-bond acceptors (Lipinski definition) is 5. The van der Waals surface area contributed by atoms with Gasteiger partial charge in [-0.25, -0.2) is 17.7 Å². The summed E-state index contributed by atoms with van der Waals surface area (Å²) >= 11 is 1.41. The molecule has 0 radical (unpaired) electrons. The molecule has 0 atom stereocenters. The second kappa shape index (κ2) is 8.44. The van der Waals surface area contributed by atoms with Crippen molar-refractivity contribution in [1.29, 1.82) is 0 Å². The van der Waals surface area contributed by atoms with Crippen molar-refractivity contribution in [2.24, 2.45) is 0 Å². The lowest BCUT2D eigenvalue weighted by Gasteiger charge is -2.13. The molecule has 29 heavy (non-hydrogen) atoms. The van der Waals surface area contributed by atoms with Gasteiger partial charge in [0.2, 0.25) is 10.0 Å². The summed E-state index contributed by atoms with van der Waals surface area (Å²) in [7, 11) is -0.699. The zero-order valence-electron chi connectivity index (χ0n) is 16.8. The molecule has 1 heterocycles. The fraction of sp³-hybridized carbons (Fsp3) is 0.238. The minimum Gasteiger partial charge on any atom is -0.298 e. The highest BCUT2D eigenvalue weighted by atomic mass is 32.2. The van der Waals surface area contributed by atoms with Crippen LogP contribution in [0.15, 0.2) is 53.6 Å². The molecule has 8 heteroatoms. The summed E-state index contributed by atoms with van der Waals surface area (Å²) in [6.45, 7) is 3.82. The fourth-order valence-electron chi connectivity index (χ4n) is 2.74. The molecule has 3 rings (SSSR count). The Labute approximate surface area is 175 Å². The smallest absolute Gasteiger partial charge is 0.257 e. The maximum atomic E-state index is 12.7. The lowest BCUT2D eigenvalue weighted by Crippen LogP contribution is -2.23. The maximum absolute atomic E-state index is 12.7. The SMILES string of the molecule is Cc1ccc(Cc2cnc(NC(=O)c3cc(S(=O)(=O)N(C)C)ccc3C)s2)cc1. The Kier molecular flexibility index (Phi) is 6.16. The third-order valence-corrected chi connectivity index (χ3v) is 7.23. The average Bonchev–Trinajstić information content (AvgIpc) is 3.10. The van der Waals surface area contributed by atoms with Crippen LogP contribution in [0.5, 0.6) is 0 Å². The van der Waals surface area contributed by atoms with Gasteiger partial charge in [0, 0.05) is 37.2 Å². The predicted octanol–water partition coefficient (Wildman–Crippen LogP) is 3.85. The highest BCUT2D eigenvalue weighted by Gasteiger charge is 2.20. The van der Waals surface area contributed by atoms with Gasteiger partial charge in [-0.15, -0.1) is 11.3 Å². The van der Waals surface area contributed by atoms with Crippen molar-refractivity contribution >= 4 is 32.4 Å². The molecule has 2 aromatic carbocycles. The zero-order chi connectivity index (χ0) is 21.2. The monoisotopic (exact) mass is 429 g/mol. The molecule has 0 aliphatic heterocycles. The van der Waals surface area contributed by atoms with Gasteiger partial charge in [0.1, 0.15) is 0 Å². The van der Waals surface area contributed by atoms with Gasteiger partial charge in [-0.3, -0.25) is 10.1 Å². The molecule has 0 bridgehead atoms. The number of benzene rings is 2. The molecule has 6 nitrogen and oxygen atoms in total. The number of anilines is 1. The number of nitrogens with zero attached hydrogens (tertiary/aromatic N) is 2. The van der Waals surface area contributed by atoms with E-state index < -0.39 is 10.0 Å². The third kappa shape index (κ3) is 4.90. The second-order valence-electron chi connectivity index (χ2n) is 7.01. The maximum Gasteiger partial charge on any atom is 0.257 e. The Balaban J connectivity index is 1.77. The normalized spacial score (nSPS) is 11.6. The van der Waals surface area contributed by atoms with Crippen LogP contribution in [0.1, 0.15) is 31.9 Å². The number of carbonyl (C=O) groups is 1. The highest BCUT2D eigenvalue weighted by molar-refractivity contribution is 7.89. The van der Waals surface area contributed by atoms with Crippen molar-refractivity contribution in [1.82, 2.24) is 9.29 Å². The summed E-state index contributed by atoms with van der Waals surface area (Å²) < 4.78 is 25.8. The van der Waals surface area contributed by atoms with E-state index in [4.69, 9.17) is 0 Å². The van der Waals surface area contributed by atoms with Crippen LogP contribution in [0.4, 0.5) is 5.13 Å². The number of sulfonamides is 1. The molecule has 0 fully saturated rings. The Morgan fingerprint density at radius 1 is 1.10 bits per heavy atom. The Bertz CT molecular complexity index is 1130. The standard InChI is InChI=1S/C21H23N3O3S2/c1-14-5-8-16(9-6-14)11-17-13-22-21(28-17)23-20(25)19-12-18(10-7-15(19)2)29(26,27)24(3)4/h5-10,12-13H,11H2,1-4H3,(H,22,23,25). The molecule has 0 saturated heterocycles. The van der Waals surface area contributed by atoms with Crippen molar-refractivity contribution in [3.05, 3.63) is 75.8 Å². The largest absolute Gasteiger partial charge is 0.298 e. The van der Waals surface area contributed by atoms with E-state index in [0.29, 0.717) is 16.3 Å². The predicted molar refractivity (Wildman–Crippen MR) is 116 cm³/mol. The second-order valence-corrected chi connectivity index (χ2v) is 10.3. The number of hydrogen-bond donors (Lipinski definition) is 1. The van der Waals surface area contributed by atoms with E-state index in [1.807, 2.05) is 6.92 Å². The molecular formula is C21H23N3O3S2. The first kappa shape index (κ1) is 21.2. The van der Waals surface area contributed by atoms with Crippen LogP contribution < -0.4 is 5.32 Å². The van der Waals surface area contributed by atoms with Gasteiger partial charge >= 0.3 is 0 Å². The van der Waals surface area contributed by atoms with Gasteiger partial charge in [-0.05, 0) is 37.1 Å². The van der Waals surface area contributed by atoms with Gasteiger partial charge in [0.25, 0.3) is 5.91 Å². The van der Waals surface area contributed by atoms with Crippen LogP contribution >= 0.6 is 11.3 Å². The first-order chi connectivity index (χ1) is 13.7. The van der Waals surface area contributed by atoms with E-state index >= 15 is 0 Å². The van der Waals surface area contributed by atoms with E-state index in [2.05, 4.69) is 34.6 Å². The van der Waals surface area contributed by atoms with Crippen molar-refractivity contribution in [3.8, 4) is 0 Å². The molecule has 0 unspecified atom stereocenters. The van der Waals surface area contributed by atoms with E-state index in [9.17, 15) is 13.2 Å². The number of aryl methyl sites for hydroxylation is 2. The van der Waals surface area contributed by atoms with Gasteiger partial charge in [0.05, 0.1) is 4.90 Å². The van der Waals surface area contributed by atoms with Crippen LogP contribution in [0, 0.1) is 13.8 Å². The molecule has 0 saturated carbocycles. The molecule has 1 N–H and O–H groups in total. The number of nitrogens with one attached hydrogen (secondary N) is 1. The van der Waals surface area contributed by atoms with Crippen molar-refractivity contribution in [3.63, 3.8) is 0 Å². The topological polar surface area (TPSA) is 79.4 Å². The lowest BCUT2D eigenvalue weighted by molar-refractivity contribution is 0.102. The summed E-state index contributed by atoms with van der Waals surface area (Å²) in [5.74, 6) is -0.380. The van der Waals surface area contributed by atoms with Crippen LogP contribution in [0.25, 0.3) is 0 Å². The highest BCUT2D eigenvalue weighted by Crippen LogP contribution is 2.24. The molecule has 0 aliphatic carbocycles. The van der Waals surface area contributed by atoms with Crippen LogP contribution in [0.3, 0.4) is 0 Å². The number of aromatic nitrogens is 1. The number of amides is 1. The summed E-state index contributed by atoms with van der Waals surface area (Å²) in [4.78, 5) is 18.1. The summed E-state index contributed by atoms with van der Waals surface area (Å²) in [6.07, 6.45) is 2.49. The third-order valence-electron chi connectivity index (χ3n) is 4.51. The molecule has 3 aromatic rings. The number of thiazole rings is 1. The van der Waals surface area contributed by atoms with Gasteiger partial charge < -0.3 is 0 Å². The van der Waals surface area contributed by atoms with Gasteiger partial charge in [-0.2, -0.15) is 0 Å². The molecule has 0 aliphatic rings. The van der Waals surface area contributed by atoms with E-state index in [-0.39, 0.29) is 10.8 Å². The zero-order valence-corrected chi connectivity index (χ0v) is 18.4. The average molecular weight is 430 g/mol. The summed E-state index contributed by atoms with van der Waals surface area (Å²) in [5, 5.41) is 3.27. The van der Waals surface area contributed by atoms with E-state index in [1.165, 1.54) is 48.7 Å². The Morgan fingerprint density at radius 3 is 2.45 bits per heavy atom. The minimum absolute atomic E-state index is 0.0810. The van der Waals surface area contributed by atoms with Crippen molar-refractivity contribution in [2.45, 2.75) is 25.2 Å². The summed E-state index contributed by atoms with van der Waals surface area (Å²) in [5.41, 5.74) is 3.38. The Hall–Kier alpha value is -2.55. The minimum atomic E-state index is -3.62. The van der Waals surface area contributed by atoms with E-state index in [0.717, 1.165) is 15.6 Å². The first-order valence-electron chi connectivity index (χ1n) is 9.01.